The number of carbonyl (C=O) groups excluding carboxylic acids is 1. The lowest BCUT2D eigenvalue weighted by molar-refractivity contribution is 0.112. The number of nitrogens with one attached hydrogen (secondary N) is 1. The van der Waals surface area contributed by atoms with Gasteiger partial charge in [0.05, 0.1) is 22.3 Å². The molecule has 2 aromatic heterocycles. The van der Waals surface area contributed by atoms with Crippen LogP contribution in [0.25, 0.3) is 11.0 Å². The Morgan fingerprint density at radius 3 is 2.94 bits per heavy atom. The summed E-state index contributed by atoms with van der Waals surface area (Å²) in [6.45, 7) is 1.94. The summed E-state index contributed by atoms with van der Waals surface area (Å²) in [7, 11) is 1.86. The molecular formula is C12H14N4O. The largest absolute Gasteiger partial charge is 0.381 e. The lowest BCUT2D eigenvalue weighted by Crippen LogP contribution is -2.05. The van der Waals surface area contributed by atoms with Crippen molar-refractivity contribution in [1.82, 2.24) is 14.8 Å². The number of rotatable bonds is 3. The molecular weight excluding hydrogens is 216 g/mol. The molecule has 2 heterocycles. The van der Waals surface area contributed by atoms with Gasteiger partial charge in [0.2, 0.25) is 0 Å². The molecule has 0 aromatic carbocycles. The molecule has 1 aliphatic rings. The minimum Gasteiger partial charge on any atom is -0.381 e. The Kier molecular flexibility index (Phi) is 2.14. The van der Waals surface area contributed by atoms with Crippen LogP contribution in [-0.4, -0.2) is 27.1 Å². The zero-order valence-electron chi connectivity index (χ0n) is 9.90. The Bertz CT molecular complexity index is 598. The van der Waals surface area contributed by atoms with Crippen molar-refractivity contribution >= 4 is 23.0 Å². The maximum absolute atomic E-state index is 11.1. The number of anilines is 1. The summed E-state index contributed by atoms with van der Waals surface area (Å²) in [5, 5.41) is 8.72. The van der Waals surface area contributed by atoms with Gasteiger partial charge in [-0.3, -0.25) is 9.48 Å². The molecule has 0 aliphatic heterocycles. The van der Waals surface area contributed by atoms with Gasteiger partial charge in [-0.1, -0.05) is 0 Å². The van der Waals surface area contributed by atoms with Crippen molar-refractivity contribution in [2.45, 2.75) is 25.8 Å². The molecule has 3 rings (SSSR count). The quantitative estimate of drug-likeness (QED) is 0.815. The van der Waals surface area contributed by atoms with E-state index in [9.17, 15) is 4.79 Å². The van der Waals surface area contributed by atoms with Gasteiger partial charge in [-0.15, -0.1) is 0 Å². The third-order valence-electron chi connectivity index (χ3n) is 3.11. The van der Waals surface area contributed by atoms with Crippen LogP contribution in [0, 0.1) is 6.92 Å². The Labute approximate surface area is 98.8 Å². The van der Waals surface area contributed by atoms with Crippen molar-refractivity contribution in [2.75, 3.05) is 5.32 Å². The molecule has 0 unspecified atom stereocenters. The van der Waals surface area contributed by atoms with Crippen LogP contribution in [0.1, 0.15) is 28.9 Å². The van der Waals surface area contributed by atoms with Gasteiger partial charge >= 0.3 is 0 Å². The fraction of sp³-hybridized carbons (Fsp3) is 0.417. The summed E-state index contributed by atoms with van der Waals surface area (Å²) in [5.74, 6) is 0. The average molecular weight is 230 g/mol. The molecule has 1 N–H and O–H groups in total. The van der Waals surface area contributed by atoms with Crippen molar-refractivity contribution in [3.05, 3.63) is 17.5 Å². The summed E-state index contributed by atoms with van der Waals surface area (Å²) in [4.78, 5) is 15.4. The average Bonchev–Trinajstić information content (AvgIpc) is 3.07. The van der Waals surface area contributed by atoms with Crippen molar-refractivity contribution < 1.29 is 4.79 Å². The number of hydrogen-bond donors (Lipinski definition) is 1. The molecule has 5 heteroatoms. The molecule has 0 bridgehead atoms. The molecule has 17 heavy (non-hydrogen) atoms. The Balaban J connectivity index is 2.27. The zero-order valence-corrected chi connectivity index (χ0v) is 9.90. The first-order chi connectivity index (χ1) is 8.20. The molecule has 0 radical (unpaired) electrons. The number of carbonyl (C=O) groups is 1. The van der Waals surface area contributed by atoms with Gasteiger partial charge in [0.15, 0.2) is 11.9 Å². The van der Waals surface area contributed by atoms with E-state index in [4.69, 9.17) is 0 Å². The summed E-state index contributed by atoms with van der Waals surface area (Å²) >= 11 is 0. The minimum absolute atomic E-state index is 0.499. The molecule has 0 saturated heterocycles. The van der Waals surface area contributed by atoms with Gasteiger partial charge in [0.25, 0.3) is 0 Å². The fourth-order valence-corrected chi connectivity index (χ4v) is 2.10. The monoisotopic (exact) mass is 230 g/mol. The normalized spacial score (nSPS) is 15.2. The molecule has 2 aromatic rings. The number of hydrogen-bond acceptors (Lipinski definition) is 4. The van der Waals surface area contributed by atoms with Crippen LogP contribution in [0.2, 0.25) is 0 Å². The summed E-state index contributed by atoms with van der Waals surface area (Å²) in [5.41, 5.74) is 3.22. The number of aryl methyl sites for hydroxylation is 2. The highest BCUT2D eigenvalue weighted by Gasteiger charge is 2.24. The van der Waals surface area contributed by atoms with Crippen molar-refractivity contribution in [1.29, 1.82) is 0 Å². The summed E-state index contributed by atoms with van der Waals surface area (Å²) < 4.78 is 1.75. The van der Waals surface area contributed by atoms with Crippen LogP contribution in [0.5, 0.6) is 0 Å². The van der Waals surface area contributed by atoms with Crippen LogP contribution in [0.15, 0.2) is 6.20 Å². The third-order valence-corrected chi connectivity index (χ3v) is 3.11. The molecule has 1 aliphatic carbocycles. The molecule has 5 nitrogen and oxygen atoms in total. The first-order valence-electron chi connectivity index (χ1n) is 5.74. The molecule has 1 saturated carbocycles. The van der Waals surface area contributed by atoms with E-state index in [0.717, 1.165) is 28.7 Å². The SMILES string of the molecule is Cc1nn(C)c2ncc(C=O)c(NC3CC3)c12. The zero-order chi connectivity index (χ0) is 12.0. The molecule has 0 spiro atoms. The number of pyridine rings is 1. The summed E-state index contributed by atoms with van der Waals surface area (Å²) in [6.07, 6.45) is 4.80. The van der Waals surface area contributed by atoms with E-state index >= 15 is 0 Å². The first kappa shape index (κ1) is 10.3. The van der Waals surface area contributed by atoms with Gasteiger partial charge in [-0.05, 0) is 19.8 Å². The maximum Gasteiger partial charge on any atom is 0.159 e. The van der Waals surface area contributed by atoms with Gasteiger partial charge in [0.1, 0.15) is 0 Å². The van der Waals surface area contributed by atoms with E-state index in [-0.39, 0.29) is 0 Å². The van der Waals surface area contributed by atoms with Crippen LogP contribution in [0.3, 0.4) is 0 Å². The molecule has 88 valence electrons. The number of aromatic nitrogens is 3. The minimum atomic E-state index is 0.499. The molecule has 0 amide bonds. The van der Waals surface area contributed by atoms with Crippen molar-refractivity contribution in [2.24, 2.45) is 7.05 Å². The van der Waals surface area contributed by atoms with Gasteiger partial charge < -0.3 is 5.32 Å². The fourth-order valence-electron chi connectivity index (χ4n) is 2.10. The topological polar surface area (TPSA) is 59.8 Å². The Morgan fingerprint density at radius 1 is 1.53 bits per heavy atom. The Morgan fingerprint density at radius 2 is 2.29 bits per heavy atom. The van der Waals surface area contributed by atoms with Crippen molar-refractivity contribution in [3.63, 3.8) is 0 Å². The predicted molar refractivity (Wildman–Crippen MR) is 65.3 cm³/mol. The van der Waals surface area contributed by atoms with Crippen LogP contribution < -0.4 is 5.32 Å². The van der Waals surface area contributed by atoms with E-state index in [1.54, 1.807) is 10.9 Å². The van der Waals surface area contributed by atoms with E-state index in [2.05, 4.69) is 15.4 Å². The standard InChI is InChI=1S/C12H14N4O/c1-7-10-11(14-9-3-4-9)8(6-17)5-13-12(10)16(2)15-7/h5-6,9H,3-4H2,1-2H3,(H,13,14). The van der Waals surface area contributed by atoms with E-state index in [1.807, 2.05) is 14.0 Å². The van der Waals surface area contributed by atoms with E-state index < -0.39 is 0 Å². The van der Waals surface area contributed by atoms with Gasteiger partial charge in [0, 0.05) is 19.3 Å². The van der Waals surface area contributed by atoms with Gasteiger partial charge in [-0.2, -0.15) is 5.10 Å². The maximum atomic E-state index is 11.1. The van der Waals surface area contributed by atoms with Crippen LogP contribution >= 0.6 is 0 Å². The second-order valence-corrected chi connectivity index (χ2v) is 4.53. The highest BCUT2D eigenvalue weighted by Crippen LogP contribution is 2.32. The highest BCUT2D eigenvalue weighted by atomic mass is 16.1. The smallest absolute Gasteiger partial charge is 0.159 e. The first-order valence-corrected chi connectivity index (χ1v) is 5.74. The second kappa shape index (κ2) is 3.55. The van der Waals surface area contributed by atoms with E-state index in [0.29, 0.717) is 11.6 Å². The molecule has 0 atom stereocenters. The summed E-state index contributed by atoms with van der Waals surface area (Å²) in [6, 6.07) is 0.499. The second-order valence-electron chi connectivity index (χ2n) is 4.53. The van der Waals surface area contributed by atoms with Gasteiger partial charge in [-0.25, -0.2) is 4.98 Å². The number of aldehydes is 1. The lowest BCUT2D eigenvalue weighted by atomic mass is 10.1. The predicted octanol–water partition coefficient (Wildman–Crippen LogP) is 1.66. The highest BCUT2D eigenvalue weighted by molar-refractivity contribution is 6.00. The molecule has 1 fully saturated rings. The van der Waals surface area contributed by atoms with E-state index in [1.165, 1.54) is 12.8 Å². The lowest BCUT2D eigenvalue weighted by Gasteiger charge is -2.09. The van der Waals surface area contributed by atoms with Crippen molar-refractivity contribution in [3.8, 4) is 0 Å². The number of nitrogens with zero attached hydrogens (tertiary/aromatic N) is 3. The Hall–Kier alpha value is -1.91. The number of fused-ring (bicyclic) bond motifs is 1. The third kappa shape index (κ3) is 1.58. The van der Waals surface area contributed by atoms with Crippen LogP contribution in [-0.2, 0) is 7.05 Å². The van der Waals surface area contributed by atoms with Crippen LogP contribution in [0.4, 0.5) is 5.69 Å².